The predicted molar refractivity (Wildman–Crippen MR) is 122 cm³/mol. The van der Waals surface area contributed by atoms with Crippen LogP contribution in [0, 0.1) is 11.3 Å². The van der Waals surface area contributed by atoms with Gasteiger partial charge in [-0.3, -0.25) is 4.90 Å². The zero-order valence-electron chi connectivity index (χ0n) is 16.1. The molecule has 0 unspecified atom stereocenters. The Morgan fingerprint density at radius 3 is 1.83 bits per heavy atom. The van der Waals surface area contributed by atoms with Gasteiger partial charge < -0.3 is 4.90 Å². The summed E-state index contributed by atoms with van der Waals surface area (Å²) in [5, 5.41) is 9.71. The van der Waals surface area contributed by atoms with Crippen molar-refractivity contribution in [3.05, 3.63) is 92.6 Å². The van der Waals surface area contributed by atoms with Crippen molar-refractivity contribution < 1.29 is 0 Å². The number of nitriles is 1. The van der Waals surface area contributed by atoms with Gasteiger partial charge in [0.05, 0.1) is 11.1 Å². The number of halogens is 3. The van der Waals surface area contributed by atoms with Crippen LogP contribution in [0.15, 0.2) is 60.7 Å². The number of benzene rings is 2. The van der Waals surface area contributed by atoms with Gasteiger partial charge in [0.1, 0.15) is 16.7 Å². The molecule has 152 valence electrons. The molecule has 0 bridgehead atoms. The molecule has 3 aromatic rings. The number of hydrogen-bond acceptors (Lipinski definition) is 4. The molecule has 0 saturated carbocycles. The van der Waals surface area contributed by atoms with Gasteiger partial charge in [-0.25, -0.2) is 4.98 Å². The lowest BCUT2D eigenvalue weighted by Gasteiger charge is -2.40. The summed E-state index contributed by atoms with van der Waals surface area (Å²) in [5.41, 5.74) is 2.63. The Morgan fingerprint density at radius 2 is 1.33 bits per heavy atom. The standard InChI is InChI=1S/C23H19Cl3N4/c24-19-18(15-27)22(26)28-23(20(19)25)30-13-11-29(12-14-30)21(16-7-3-1-4-8-16)17-9-5-2-6-10-17/h1-10,21H,11-14H2. The summed E-state index contributed by atoms with van der Waals surface area (Å²) in [4.78, 5) is 8.88. The molecule has 7 heteroatoms. The minimum Gasteiger partial charge on any atom is -0.353 e. The van der Waals surface area contributed by atoms with Crippen LogP contribution in [-0.4, -0.2) is 36.1 Å². The Bertz CT molecular complexity index is 1020. The van der Waals surface area contributed by atoms with E-state index in [1.807, 2.05) is 18.2 Å². The van der Waals surface area contributed by atoms with Gasteiger partial charge in [0, 0.05) is 26.2 Å². The van der Waals surface area contributed by atoms with Crippen LogP contribution < -0.4 is 4.90 Å². The Morgan fingerprint density at radius 1 is 0.800 bits per heavy atom. The number of aromatic nitrogens is 1. The van der Waals surface area contributed by atoms with E-state index < -0.39 is 0 Å². The third kappa shape index (κ3) is 4.12. The highest BCUT2D eigenvalue weighted by Gasteiger charge is 2.29. The molecule has 2 heterocycles. The van der Waals surface area contributed by atoms with Gasteiger partial charge in [-0.05, 0) is 11.1 Å². The van der Waals surface area contributed by atoms with E-state index in [2.05, 4.69) is 63.3 Å². The van der Waals surface area contributed by atoms with Crippen LogP contribution in [0.4, 0.5) is 5.82 Å². The van der Waals surface area contributed by atoms with Crippen molar-refractivity contribution in [3.63, 3.8) is 0 Å². The van der Waals surface area contributed by atoms with Crippen molar-refractivity contribution in [2.24, 2.45) is 0 Å². The van der Waals surface area contributed by atoms with E-state index in [0.717, 1.165) is 26.2 Å². The summed E-state index contributed by atoms with van der Waals surface area (Å²) in [5.74, 6) is 0.529. The van der Waals surface area contributed by atoms with Crippen LogP contribution in [-0.2, 0) is 0 Å². The molecule has 0 N–H and O–H groups in total. The monoisotopic (exact) mass is 456 g/mol. The predicted octanol–water partition coefficient (Wildman–Crippen LogP) is 5.83. The summed E-state index contributed by atoms with van der Waals surface area (Å²) in [7, 11) is 0. The summed E-state index contributed by atoms with van der Waals surface area (Å²) in [6, 6.07) is 23.2. The average molecular weight is 458 g/mol. The van der Waals surface area contributed by atoms with E-state index in [-0.39, 0.29) is 26.8 Å². The summed E-state index contributed by atoms with van der Waals surface area (Å²) >= 11 is 18.8. The quantitative estimate of drug-likeness (QED) is 0.463. The zero-order valence-corrected chi connectivity index (χ0v) is 18.4. The van der Waals surface area contributed by atoms with E-state index in [1.165, 1.54) is 11.1 Å². The normalized spacial score (nSPS) is 14.7. The van der Waals surface area contributed by atoms with Crippen molar-refractivity contribution in [3.8, 4) is 6.07 Å². The first-order chi connectivity index (χ1) is 14.6. The topological polar surface area (TPSA) is 43.2 Å². The number of hydrogen-bond donors (Lipinski definition) is 0. The number of nitrogens with zero attached hydrogens (tertiary/aromatic N) is 4. The number of pyridine rings is 1. The van der Waals surface area contributed by atoms with Gasteiger partial charge in [-0.15, -0.1) is 0 Å². The number of piperazine rings is 1. The van der Waals surface area contributed by atoms with Crippen molar-refractivity contribution in [1.82, 2.24) is 9.88 Å². The maximum absolute atomic E-state index is 9.20. The molecule has 0 aliphatic carbocycles. The van der Waals surface area contributed by atoms with E-state index in [0.29, 0.717) is 5.82 Å². The van der Waals surface area contributed by atoms with Crippen LogP contribution in [0.3, 0.4) is 0 Å². The molecule has 30 heavy (non-hydrogen) atoms. The third-order valence-corrected chi connectivity index (χ3v) is 6.45. The van der Waals surface area contributed by atoms with Crippen molar-refractivity contribution in [1.29, 1.82) is 5.26 Å². The van der Waals surface area contributed by atoms with Crippen LogP contribution >= 0.6 is 34.8 Å². The molecule has 1 aliphatic rings. The summed E-state index contributed by atoms with van der Waals surface area (Å²) in [6.45, 7) is 3.09. The average Bonchev–Trinajstić information content (AvgIpc) is 2.79. The maximum Gasteiger partial charge on any atom is 0.150 e. The Labute approximate surface area is 191 Å². The minimum absolute atomic E-state index is 0.0794. The van der Waals surface area contributed by atoms with Gasteiger partial charge in [0.15, 0.2) is 11.0 Å². The molecule has 0 spiro atoms. The molecule has 1 saturated heterocycles. The Hall–Kier alpha value is -2.29. The molecule has 1 aliphatic heterocycles. The zero-order chi connectivity index (χ0) is 21.1. The highest BCUT2D eigenvalue weighted by Crippen LogP contribution is 2.38. The first-order valence-electron chi connectivity index (χ1n) is 9.63. The second-order valence-electron chi connectivity index (χ2n) is 7.09. The molecule has 0 amide bonds. The van der Waals surface area contributed by atoms with Crippen LogP contribution in [0.25, 0.3) is 0 Å². The van der Waals surface area contributed by atoms with Crippen molar-refractivity contribution in [2.75, 3.05) is 31.1 Å². The van der Waals surface area contributed by atoms with Gasteiger partial charge in [0.25, 0.3) is 0 Å². The second-order valence-corrected chi connectivity index (χ2v) is 8.20. The molecule has 0 atom stereocenters. The van der Waals surface area contributed by atoms with Crippen molar-refractivity contribution >= 4 is 40.6 Å². The maximum atomic E-state index is 9.20. The van der Waals surface area contributed by atoms with E-state index in [9.17, 15) is 5.26 Å². The molecule has 0 radical (unpaired) electrons. The minimum atomic E-state index is 0.0794. The molecule has 1 fully saturated rings. The van der Waals surface area contributed by atoms with E-state index in [1.54, 1.807) is 0 Å². The highest BCUT2D eigenvalue weighted by molar-refractivity contribution is 6.45. The Kier molecular flexibility index (Phi) is 6.46. The number of rotatable bonds is 4. The summed E-state index contributed by atoms with van der Waals surface area (Å²) in [6.07, 6.45) is 0. The van der Waals surface area contributed by atoms with Gasteiger partial charge in [-0.1, -0.05) is 95.5 Å². The fourth-order valence-electron chi connectivity index (χ4n) is 3.88. The largest absolute Gasteiger partial charge is 0.353 e. The van der Waals surface area contributed by atoms with E-state index in [4.69, 9.17) is 34.8 Å². The van der Waals surface area contributed by atoms with Crippen LogP contribution in [0.5, 0.6) is 0 Å². The first kappa shape index (κ1) is 21.0. The fourth-order valence-corrected chi connectivity index (χ4v) is 4.62. The van der Waals surface area contributed by atoms with Gasteiger partial charge in [-0.2, -0.15) is 5.26 Å². The molecule has 2 aromatic carbocycles. The SMILES string of the molecule is N#Cc1c(Cl)nc(N2CCN(C(c3ccccc3)c3ccccc3)CC2)c(Cl)c1Cl. The molecular weight excluding hydrogens is 439 g/mol. The lowest BCUT2D eigenvalue weighted by atomic mass is 9.96. The third-order valence-electron chi connectivity index (χ3n) is 5.34. The Balaban J connectivity index is 1.58. The molecular formula is C23H19Cl3N4. The second kappa shape index (κ2) is 9.24. The lowest BCUT2D eigenvalue weighted by molar-refractivity contribution is 0.212. The van der Waals surface area contributed by atoms with Gasteiger partial charge in [0.2, 0.25) is 0 Å². The smallest absolute Gasteiger partial charge is 0.150 e. The first-order valence-corrected chi connectivity index (χ1v) is 10.8. The van der Waals surface area contributed by atoms with E-state index >= 15 is 0 Å². The lowest BCUT2D eigenvalue weighted by Crippen LogP contribution is -2.48. The van der Waals surface area contributed by atoms with Gasteiger partial charge >= 0.3 is 0 Å². The van der Waals surface area contributed by atoms with Crippen molar-refractivity contribution in [2.45, 2.75) is 6.04 Å². The summed E-state index contributed by atoms with van der Waals surface area (Å²) < 4.78 is 0. The molecule has 4 nitrogen and oxygen atoms in total. The fraction of sp³-hybridized carbons (Fsp3) is 0.217. The number of anilines is 1. The molecule has 4 rings (SSSR count). The highest BCUT2D eigenvalue weighted by atomic mass is 35.5. The van der Waals surface area contributed by atoms with Crippen LogP contribution in [0.2, 0.25) is 15.2 Å². The van der Waals surface area contributed by atoms with Crippen LogP contribution in [0.1, 0.15) is 22.7 Å². The molecule has 1 aromatic heterocycles.